The van der Waals surface area contributed by atoms with Crippen molar-refractivity contribution in [2.24, 2.45) is 0 Å². The zero-order valence-electron chi connectivity index (χ0n) is 11.4. The fourth-order valence-corrected chi connectivity index (χ4v) is 1.72. The van der Waals surface area contributed by atoms with Crippen LogP contribution < -0.4 is 10.2 Å². The summed E-state index contributed by atoms with van der Waals surface area (Å²) in [4.78, 5) is 10.8. The number of rotatable bonds is 6. The molecule has 0 aliphatic rings. The molecule has 0 unspecified atom stereocenters. The fourth-order valence-electron chi connectivity index (χ4n) is 1.72. The fraction of sp³-hybridized carbons (Fsp3) is 0.385. The van der Waals surface area contributed by atoms with Gasteiger partial charge in [-0.05, 0) is 12.1 Å². The second kappa shape index (κ2) is 6.19. The first-order valence-corrected chi connectivity index (χ1v) is 6.01. The first-order valence-electron chi connectivity index (χ1n) is 6.01. The number of ether oxygens (including phenoxy) is 1. The van der Waals surface area contributed by atoms with Crippen LogP contribution in [0.25, 0.3) is 0 Å². The maximum absolute atomic E-state index is 5.33. The van der Waals surface area contributed by atoms with E-state index in [0.29, 0.717) is 19.0 Å². The summed E-state index contributed by atoms with van der Waals surface area (Å²) in [5, 5.41) is 3.02. The first kappa shape index (κ1) is 13.4. The molecular formula is C13H18N4O2. The normalized spacial score (nSPS) is 10.5. The Morgan fingerprint density at radius 1 is 1.42 bits per heavy atom. The average molecular weight is 262 g/mol. The number of hydrogen-bond acceptors (Lipinski definition) is 6. The number of nitrogens with one attached hydrogen (secondary N) is 1. The van der Waals surface area contributed by atoms with Crippen molar-refractivity contribution in [3.63, 3.8) is 0 Å². The lowest BCUT2D eigenvalue weighted by atomic mass is 10.4. The maximum atomic E-state index is 5.33. The van der Waals surface area contributed by atoms with Gasteiger partial charge < -0.3 is 19.4 Å². The summed E-state index contributed by atoms with van der Waals surface area (Å²) in [7, 11) is 5.41. The zero-order valence-corrected chi connectivity index (χ0v) is 11.4. The van der Waals surface area contributed by atoms with Crippen molar-refractivity contribution < 1.29 is 9.15 Å². The molecule has 6 heteroatoms. The van der Waals surface area contributed by atoms with E-state index in [9.17, 15) is 0 Å². The SMILES string of the molecule is CNc1cc(N(C)Cc2ccco2)nc(COC)n1. The van der Waals surface area contributed by atoms with Crippen molar-refractivity contribution in [2.45, 2.75) is 13.2 Å². The van der Waals surface area contributed by atoms with Gasteiger partial charge in [-0.25, -0.2) is 9.97 Å². The second-order valence-corrected chi connectivity index (χ2v) is 4.15. The van der Waals surface area contributed by atoms with Gasteiger partial charge in [0.2, 0.25) is 0 Å². The van der Waals surface area contributed by atoms with E-state index in [4.69, 9.17) is 9.15 Å². The van der Waals surface area contributed by atoms with Gasteiger partial charge >= 0.3 is 0 Å². The summed E-state index contributed by atoms with van der Waals surface area (Å²) in [6.45, 7) is 1.04. The summed E-state index contributed by atoms with van der Waals surface area (Å²) in [5.41, 5.74) is 0. The molecule has 0 radical (unpaired) electrons. The van der Waals surface area contributed by atoms with Crippen LogP contribution in [0.3, 0.4) is 0 Å². The number of aromatic nitrogens is 2. The highest BCUT2D eigenvalue weighted by Crippen LogP contribution is 2.17. The molecule has 6 nitrogen and oxygen atoms in total. The molecule has 102 valence electrons. The van der Waals surface area contributed by atoms with E-state index in [2.05, 4.69) is 15.3 Å². The van der Waals surface area contributed by atoms with Gasteiger partial charge in [0.25, 0.3) is 0 Å². The van der Waals surface area contributed by atoms with Crippen LogP contribution in [0.15, 0.2) is 28.9 Å². The number of furan rings is 1. The molecular weight excluding hydrogens is 244 g/mol. The largest absolute Gasteiger partial charge is 0.467 e. The highest BCUT2D eigenvalue weighted by Gasteiger charge is 2.09. The Hall–Kier alpha value is -2.08. The monoisotopic (exact) mass is 262 g/mol. The minimum absolute atomic E-state index is 0.386. The van der Waals surface area contributed by atoms with Gasteiger partial charge in [-0.1, -0.05) is 0 Å². The van der Waals surface area contributed by atoms with Crippen LogP contribution in [0.4, 0.5) is 11.6 Å². The van der Waals surface area contributed by atoms with Crippen LogP contribution in [0.5, 0.6) is 0 Å². The Bertz CT molecular complexity index is 513. The van der Waals surface area contributed by atoms with Crippen molar-refractivity contribution in [1.29, 1.82) is 0 Å². The Balaban J connectivity index is 2.19. The maximum Gasteiger partial charge on any atom is 0.158 e. The molecule has 0 atom stereocenters. The summed E-state index contributed by atoms with van der Waals surface area (Å²) in [6, 6.07) is 5.70. The predicted molar refractivity (Wildman–Crippen MR) is 73.1 cm³/mol. The van der Waals surface area contributed by atoms with Gasteiger partial charge in [0.15, 0.2) is 5.82 Å². The van der Waals surface area contributed by atoms with Crippen LogP contribution in [-0.2, 0) is 17.9 Å². The van der Waals surface area contributed by atoms with Crippen LogP contribution >= 0.6 is 0 Å². The molecule has 2 aromatic rings. The lowest BCUT2D eigenvalue weighted by Gasteiger charge is -2.18. The predicted octanol–water partition coefficient (Wildman–Crippen LogP) is 1.89. The molecule has 0 aliphatic carbocycles. The molecule has 0 fully saturated rings. The van der Waals surface area contributed by atoms with Crippen molar-refractivity contribution >= 4 is 11.6 Å². The summed E-state index contributed by atoms with van der Waals surface area (Å²) in [5.74, 6) is 3.13. The van der Waals surface area contributed by atoms with Crippen molar-refractivity contribution in [1.82, 2.24) is 9.97 Å². The van der Waals surface area contributed by atoms with Gasteiger partial charge in [0, 0.05) is 27.3 Å². The zero-order chi connectivity index (χ0) is 13.7. The summed E-state index contributed by atoms with van der Waals surface area (Å²) >= 11 is 0. The van der Waals surface area contributed by atoms with E-state index in [-0.39, 0.29) is 0 Å². The summed E-state index contributed by atoms with van der Waals surface area (Å²) in [6.07, 6.45) is 1.67. The van der Waals surface area contributed by atoms with E-state index < -0.39 is 0 Å². The molecule has 2 heterocycles. The van der Waals surface area contributed by atoms with E-state index >= 15 is 0 Å². The third kappa shape index (κ3) is 3.45. The van der Waals surface area contributed by atoms with Gasteiger partial charge in [-0.2, -0.15) is 0 Å². The van der Waals surface area contributed by atoms with E-state index in [0.717, 1.165) is 17.4 Å². The quantitative estimate of drug-likeness (QED) is 0.857. The molecule has 0 spiro atoms. The molecule has 1 N–H and O–H groups in total. The third-order valence-corrected chi connectivity index (χ3v) is 2.65. The minimum atomic E-state index is 0.386. The average Bonchev–Trinajstić information content (AvgIpc) is 2.91. The van der Waals surface area contributed by atoms with Crippen LogP contribution in [-0.4, -0.2) is 31.2 Å². The Morgan fingerprint density at radius 3 is 2.89 bits per heavy atom. The van der Waals surface area contributed by atoms with Crippen molar-refractivity contribution in [3.05, 3.63) is 36.0 Å². The smallest absolute Gasteiger partial charge is 0.158 e. The second-order valence-electron chi connectivity index (χ2n) is 4.15. The number of nitrogens with zero attached hydrogens (tertiary/aromatic N) is 3. The van der Waals surface area contributed by atoms with Crippen LogP contribution in [0, 0.1) is 0 Å². The minimum Gasteiger partial charge on any atom is -0.467 e. The van der Waals surface area contributed by atoms with E-state index in [1.165, 1.54) is 0 Å². The molecule has 0 saturated carbocycles. The molecule has 0 saturated heterocycles. The molecule has 0 aromatic carbocycles. The van der Waals surface area contributed by atoms with Gasteiger partial charge in [-0.15, -0.1) is 0 Å². The van der Waals surface area contributed by atoms with Gasteiger partial charge in [0.1, 0.15) is 24.0 Å². The van der Waals surface area contributed by atoms with Crippen LogP contribution in [0.1, 0.15) is 11.6 Å². The Labute approximate surface area is 112 Å². The van der Waals surface area contributed by atoms with E-state index in [1.807, 2.05) is 37.2 Å². The molecule has 0 amide bonds. The lowest BCUT2D eigenvalue weighted by molar-refractivity contribution is 0.178. The van der Waals surface area contributed by atoms with Crippen LogP contribution in [0.2, 0.25) is 0 Å². The van der Waals surface area contributed by atoms with Crippen molar-refractivity contribution in [2.75, 3.05) is 31.4 Å². The number of hydrogen-bond donors (Lipinski definition) is 1. The molecule has 2 aromatic heterocycles. The molecule has 0 aliphatic heterocycles. The Kier molecular flexibility index (Phi) is 4.35. The molecule has 19 heavy (non-hydrogen) atoms. The lowest BCUT2D eigenvalue weighted by Crippen LogP contribution is -2.19. The molecule has 0 bridgehead atoms. The topological polar surface area (TPSA) is 63.4 Å². The first-order chi connectivity index (χ1) is 9.22. The van der Waals surface area contributed by atoms with Crippen molar-refractivity contribution in [3.8, 4) is 0 Å². The van der Waals surface area contributed by atoms with Gasteiger partial charge in [-0.3, -0.25) is 0 Å². The number of methoxy groups -OCH3 is 1. The Morgan fingerprint density at radius 2 is 2.26 bits per heavy atom. The number of anilines is 2. The highest BCUT2D eigenvalue weighted by molar-refractivity contribution is 5.48. The molecule has 2 rings (SSSR count). The van der Waals surface area contributed by atoms with E-state index in [1.54, 1.807) is 13.4 Å². The highest BCUT2D eigenvalue weighted by atomic mass is 16.5. The third-order valence-electron chi connectivity index (χ3n) is 2.65. The summed E-state index contributed by atoms with van der Waals surface area (Å²) < 4.78 is 10.4. The van der Waals surface area contributed by atoms with Gasteiger partial charge in [0.05, 0.1) is 12.8 Å². The standard InChI is InChI=1S/C13H18N4O2/c1-14-11-7-13(16-12(15-11)9-18-3)17(2)8-10-5-4-6-19-10/h4-7H,8-9H2,1-3H3,(H,14,15,16).